The van der Waals surface area contributed by atoms with Crippen LogP contribution in [0.2, 0.25) is 0 Å². The Morgan fingerprint density at radius 3 is 2.23 bits per heavy atom. The smallest absolute Gasteiger partial charge is 0.336 e. The van der Waals surface area contributed by atoms with Gasteiger partial charge in [0.05, 0.1) is 32.6 Å². The number of carbonyl (C=O) groups is 2. The maximum Gasteiger partial charge on any atom is 0.336 e. The van der Waals surface area contributed by atoms with Crippen LogP contribution in [0.4, 0.5) is 5.69 Å². The molecule has 2 heterocycles. The molecule has 0 radical (unpaired) electrons. The van der Waals surface area contributed by atoms with E-state index in [-0.39, 0.29) is 18.9 Å². The van der Waals surface area contributed by atoms with E-state index < -0.39 is 11.9 Å². The summed E-state index contributed by atoms with van der Waals surface area (Å²) in [6.07, 6.45) is 1.01. The molecule has 0 saturated carbocycles. The van der Waals surface area contributed by atoms with Gasteiger partial charge in [-0.05, 0) is 30.2 Å². The Balaban J connectivity index is 1.84. The fourth-order valence-electron chi connectivity index (χ4n) is 4.23. The van der Waals surface area contributed by atoms with Crippen LogP contribution < -0.4 is 19.1 Å². The van der Waals surface area contributed by atoms with Gasteiger partial charge in [-0.2, -0.15) is 0 Å². The first-order valence-corrected chi connectivity index (χ1v) is 10.1. The molecule has 2 aromatic carbocycles. The van der Waals surface area contributed by atoms with Gasteiger partial charge in [0.1, 0.15) is 12.4 Å². The minimum atomic E-state index is -0.501. The van der Waals surface area contributed by atoms with Crippen LogP contribution >= 0.6 is 0 Å². The number of hydrogen-bond donors (Lipinski definition) is 0. The summed E-state index contributed by atoms with van der Waals surface area (Å²) >= 11 is 0. The van der Waals surface area contributed by atoms with Crippen LogP contribution in [0.1, 0.15) is 30.4 Å². The van der Waals surface area contributed by atoms with Gasteiger partial charge in [0.2, 0.25) is 5.91 Å². The van der Waals surface area contributed by atoms with Crippen molar-refractivity contribution in [3.05, 3.63) is 58.8 Å². The molecule has 31 heavy (non-hydrogen) atoms. The molecule has 7 heteroatoms. The predicted molar refractivity (Wildman–Crippen MR) is 115 cm³/mol. The SMILES string of the molecule is CCc1ccc(N2C(=O)C[C@H](c3cc(OC)c(OC)cc3OC)C3=C2COC3=O)cc1. The highest BCUT2D eigenvalue weighted by molar-refractivity contribution is 6.06. The third-order valence-electron chi connectivity index (χ3n) is 5.83. The number of carbonyl (C=O) groups excluding carboxylic acids is 2. The van der Waals surface area contributed by atoms with Crippen LogP contribution in [0, 0.1) is 0 Å². The molecule has 0 saturated heterocycles. The van der Waals surface area contributed by atoms with E-state index in [1.807, 2.05) is 24.3 Å². The quantitative estimate of drug-likeness (QED) is 0.661. The molecule has 1 amide bonds. The number of amides is 1. The first kappa shape index (κ1) is 20.8. The van der Waals surface area contributed by atoms with Gasteiger partial charge in [-0.3, -0.25) is 9.69 Å². The number of rotatable bonds is 6. The average Bonchev–Trinajstić information content (AvgIpc) is 3.18. The summed E-state index contributed by atoms with van der Waals surface area (Å²) < 4.78 is 21.7. The van der Waals surface area contributed by atoms with E-state index in [2.05, 4.69) is 6.92 Å². The van der Waals surface area contributed by atoms with Crippen LogP contribution in [0.25, 0.3) is 0 Å². The molecule has 2 aliphatic heterocycles. The van der Waals surface area contributed by atoms with Gasteiger partial charge in [-0.15, -0.1) is 0 Å². The van der Waals surface area contributed by atoms with Gasteiger partial charge in [0, 0.05) is 29.7 Å². The first-order chi connectivity index (χ1) is 15.0. The molecule has 7 nitrogen and oxygen atoms in total. The third-order valence-corrected chi connectivity index (χ3v) is 5.83. The summed E-state index contributed by atoms with van der Waals surface area (Å²) in [5, 5.41) is 0. The van der Waals surface area contributed by atoms with Crippen molar-refractivity contribution in [2.75, 3.05) is 32.8 Å². The van der Waals surface area contributed by atoms with Gasteiger partial charge in [-0.1, -0.05) is 19.1 Å². The zero-order valence-corrected chi connectivity index (χ0v) is 18.1. The number of hydrogen-bond acceptors (Lipinski definition) is 6. The predicted octanol–water partition coefficient (Wildman–Crippen LogP) is 3.61. The van der Waals surface area contributed by atoms with Crippen molar-refractivity contribution in [2.24, 2.45) is 0 Å². The van der Waals surface area contributed by atoms with Gasteiger partial charge >= 0.3 is 5.97 Å². The van der Waals surface area contributed by atoms with E-state index in [9.17, 15) is 9.59 Å². The lowest BCUT2D eigenvalue weighted by Gasteiger charge is -2.32. The summed E-state index contributed by atoms with van der Waals surface area (Å²) in [5.74, 6) is 0.492. The minimum Gasteiger partial charge on any atom is -0.496 e. The number of esters is 1. The standard InChI is InChI=1S/C24H25NO6/c1-5-14-6-8-15(9-7-14)25-18-13-31-24(27)23(18)17(11-22(25)26)16-10-20(29-3)21(30-4)12-19(16)28-2/h6-10,12,17H,5,11,13H2,1-4H3/t17-/m1/s1. The lowest BCUT2D eigenvalue weighted by atomic mass is 9.83. The molecule has 1 atom stereocenters. The van der Waals surface area contributed by atoms with Gasteiger partial charge in [0.25, 0.3) is 0 Å². The number of anilines is 1. The Bertz CT molecular complexity index is 1060. The Morgan fingerprint density at radius 2 is 1.61 bits per heavy atom. The van der Waals surface area contributed by atoms with Crippen molar-refractivity contribution in [1.82, 2.24) is 0 Å². The molecule has 0 aromatic heterocycles. The van der Waals surface area contributed by atoms with Crippen molar-refractivity contribution < 1.29 is 28.5 Å². The van der Waals surface area contributed by atoms with E-state index in [1.165, 1.54) is 19.8 Å². The van der Waals surface area contributed by atoms with Crippen molar-refractivity contribution in [3.8, 4) is 17.2 Å². The van der Waals surface area contributed by atoms with E-state index in [0.29, 0.717) is 34.1 Å². The van der Waals surface area contributed by atoms with Crippen molar-refractivity contribution in [3.63, 3.8) is 0 Å². The fraction of sp³-hybridized carbons (Fsp3) is 0.333. The minimum absolute atomic E-state index is 0.0571. The second kappa shape index (κ2) is 8.34. The lowest BCUT2D eigenvalue weighted by Crippen LogP contribution is -2.37. The molecule has 2 aliphatic rings. The number of ether oxygens (including phenoxy) is 4. The molecule has 2 aromatic rings. The van der Waals surface area contributed by atoms with Crippen LogP contribution in [0.15, 0.2) is 47.7 Å². The Morgan fingerprint density at radius 1 is 0.968 bits per heavy atom. The van der Waals surface area contributed by atoms with E-state index in [0.717, 1.165) is 12.1 Å². The first-order valence-electron chi connectivity index (χ1n) is 10.1. The summed E-state index contributed by atoms with van der Waals surface area (Å²) in [4.78, 5) is 27.6. The third kappa shape index (κ3) is 3.50. The highest BCUT2D eigenvalue weighted by Gasteiger charge is 2.44. The monoisotopic (exact) mass is 423 g/mol. The van der Waals surface area contributed by atoms with Crippen molar-refractivity contribution in [2.45, 2.75) is 25.7 Å². The van der Waals surface area contributed by atoms with Crippen molar-refractivity contribution in [1.29, 1.82) is 0 Å². The number of cyclic esters (lactones) is 1. The number of benzene rings is 2. The average molecular weight is 423 g/mol. The van der Waals surface area contributed by atoms with Gasteiger partial charge in [0.15, 0.2) is 11.5 Å². The zero-order valence-electron chi connectivity index (χ0n) is 18.1. The van der Waals surface area contributed by atoms with E-state index >= 15 is 0 Å². The normalized spacial score (nSPS) is 18.1. The molecule has 4 rings (SSSR count). The number of aryl methyl sites for hydroxylation is 1. The maximum atomic E-state index is 13.3. The summed E-state index contributed by atoms with van der Waals surface area (Å²) in [7, 11) is 4.62. The van der Waals surface area contributed by atoms with E-state index in [4.69, 9.17) is 18.9 Å². The van der Waals surface area contributed by atoms with Crippen LogP contribution in [-0.2, 0) is 20.7 Å². The second-order valence-electron chi connectivity index (χ2n) is 7.39. The fourth-order valence-corrected chi connectivity index (χ4v) is 4.23. The largest absolute Gasteiger partial charge is 0.496 e. The van der Waals surface area contributed by atoms with Crippen LogP contribution in [-0.4, -0.2) is 39.8 Å². The van der Waals surface area contributed by atoms with Gasteiger partial charge < -0.3 is 18.9 Å². The topological polar surface area (TPSA) is 74.3 Å². The number of methoxy groups -OCH3 is 3. The molecule has 0 unspecified atom stereocenters. The lowest BCUT2D eigenvalue weighted by molar-refractivity contribution is -0.136. The Hall–Kier alpha value is -3.48. The summed E-state index contributed by atoms with van der Waals surface area (Å²) in [6.45, 7) is 2.13. The maximum absolute atomic E-state index is 13.3. The molecule has 0 aliphatic carbocycles. The second-order valence-corrected chi connectivity index (χ2v) is 7.39. The molecular formula is C24H25NO6. The van der Waals surface area contributed by atoms with Crippen LogP contribution in [0.3, 0.4) is 0 Å². The molecule has 0 N–H and O–H groups in total. The van der Waals surface area contributed by atoms with Gasteiger partial charge in [-0.25, -0.2) is 4.79 Å². The Labute approximate surface area is 181 Å². The van der Waals surface area contributed by atoms with Crippen molar-refractivity contribution >= 4 is 17.6 Å². The Kier molecular flexibility index (Phi) is 5.59. The van der Waals surface area contributed by atoms with Crippen LogP contribution in [0.5, 0.6) is 17.2 Å². The highest BCUT2D eigenvalue weighted by Crippen LogP contribution is 2.47. The molecule has 162 valence electrons. The zero-order chi connectivity index (χ0) is 22.1. The molecule has 0 spiro atoms. The summed E-state index contributed by atoms with van der Waals surface area (Å²) in [5.41, 5.74) is 3.64. The molecule has 0 fully saturated rings. The molecular weight excluding hydrogens is 398 g/mol. The highest BCUT2D eigenvalue weighted by atomic mass is 16.5. The van der Waals surface area contributed by atoms with E-state index in [1.54, 1.807) is 24.1 Å². The summed E-state index contributed by atoms with van der Waals surface area (Å²) in [6, 6.07) is 11.3. The molecule has 0 bridgehead atoms. The number of nitrogens with zero attached hydrogens (tertiary/aromatic N) is 1.